The number of carbonyl (C=O) groups is 1. The Labute approximate surface area is 158 Å². The molecule has 140 valence electrons. The lowest BCUT2D eigenvalue weighted by atomic mass is 9.92. The van der Waals surface area contributed by atoms with E-state index in [9.17, 15) is 4.79 Å². The van der Waals surface area contributed by atoms with Crippen molar-refractivity contribution in [1.29, 1.82) is 0 Å². The number of rotatable bonds is 4. The summed E-state index contributed by atoms with van der Waals surface area (Å²) in [6, 6.07) is 8.17. The Hall–Kier alpha value is -2.89. The highest BCUT2D eigenvalue weighted by Crippen LogP contribution is 2.29. The Bertz CT molecular complexity index is 953. The molecule has 0 unspecified atom stereocenters. The molecule has 0 spiro atoms. The van der Waals surface area contributed by atoms with E-state index in [0.717, 1.165) is 42.2 Å². The lowest BCUT2D eigenvalue weighted by molar-refractivity contribution is 0.0889. The molecule has 1 fully saturated rings. The number of benzene rings is 1. The van der Waals surface area contributed by atoms with E-state index in [1.165, 1.54) is 0 Å². The maximum absolute atomic E-state index is 12.4. The van der Waals surface area contributed by atoms with Gasteiger partial charge in [-0.05, 0) is 44.7 Å². The molecule has 0 bridgehead atoms. The van der Waals surface area contributed by atoms with Gasteiger partial charge in [0.2, 0.25) is 0 Å². The molecule has 3 aromatic rings. The standard InChI is InChI=1S/C21H23N3O3/c1-13-20(23-14(2)26-13)21(25)24-16-6-8-17(9-7-16)27-19-5-3-4-15-12-22-11-10-18(15)19/h3-5,10-12,16-17H,6-9H2,1-2H3,(H,24,25). The van der Waals surface area contributed by atoms with Crippen molar-refractivity contribution in [3.8, 4) is 5.75 Å². The van der Waals surface area contributed by atoms with Gasteiger partial charge >= 0.3 is 0 Å². The SMILES string of the molecule is Cc1nc(C(=O)NC2CCC(Oc3cccc4cnccc34)CC2)c(C)o1. The zero-order chi connectivity index (χ0) is 18.8. The molecule has 6 heteroatoms. The topological polar surface area (TPSA) is 77.2 Å². The summed E-state index contributed by atoms with van der Waals surface area (Å²) >= 11 is 0. The molecule has 1 aromatic carbocycles. The molecule has 1 aliphatic carbocycles. The fourth-order valence-corrected chi connectivity index (χ4v) is 3.69. The Kier molecular flexibility index (Phi) is 4.79. The summed E-state index contributed by atoms with van der Waals surface area (Å²) in [5.41, 5.74) is 0.384. The molecule has 1 aliphatic rings. The van der Waals surface area contributed by atoms with Gasteiger partial charge in [0.25, 0.3) is 5.91 Å². The number of nitrogens with one attached hydrogen (secondary N) is 1. The van der Waals surface area contributed by atoms with Gasteiger partial charge < -0.3 is 14.5 Å². The van der Waals surface area contributed by atoms with Gasteiger partial charge in [0.1, 0.15) is 11.5 Å². The van der Waals surface area contributed by atoms with Crippen LogP contribution in [-0.4, -0.2) is 28.0 Å². The van der Waals surface area contributed by atoms with Crippen molar-refractivity contribution in [2.24, 2.45) is 0 Å². The van der Waals surface area contributed by atoms with Crippen LogP contribution in [-0.2, 0) is 0 Å². The Morgan fingerprint density at radius 2 is 2.00 bits per heavy atom. The summed E-state index contributed by atoms with van der Waals surface area (Å²) in [6.07, 6.45) is 7.38. The summed E-state index contributed by atoms with van der Waals surface area (Å²) < 4.78 is 11.6. The van der Waals surface area contributed by atoms with E-state index in [2.05, 4.69) is 15.3 Å². The average Bonchev–Trinajstić information content (AvgIpc) is 3.02. The summed E-state index contributed by atoms with van der Waals surface area (Å²) in [5.74, 6) is 1.82. The van der Waals surface area contributed by atoms with Gasteiger partial charge in [-0.3, -0.25) is 9.78 Å². The van der Waals surface area contributed by atoms with Crippen LogP contribution < -0.4 is 10.1 Å². The Balaban J connectivity index is 1.35. The van der Waals surface area contributed by atoms with Crippen LogP contribution in [0, 0.1) is 13.8 Å². The Morgan fingerprint density at radius 3 is 2.74 bits per heavy atom. The first-order chi connectivity index (χ1) is 13.1. The van der Waals surface area contributed by atoms with E-state index in [1.54, 1.807) is 20.0 Å². The van der Waals surface area contributed by atoms with E-state index in [1.807, 2.05) is 30.5 Å². The Morgan fingerprint density at radius 1 is 1.19 bits per heavy atom. The highest BCUT2D eigenvalue weighted by Gasteiger charge is 2.26. The van der Waals surface area contributed by atoms with Crippen LogP contribution in [0.2, 0.25) is 0 Å². The maximum atomic E-state index is 12.4. The minimum absolute atomic E-state index is 0.144. The highest BCUT2D eigenvalue weighted by atomic mass is 16.5. The molecule has 1 N–H and O–H groups in total. The predicted molar refractivity (Wildman–Crippen MR) is 102 cm³/mol. The molecule has 4 rings (SSSR count). The molecule has 2 heterocycles. The number of hydrogen-bond acceptors (Lipinski definition) is 5. The number of aryl methyl sites for hydroxylation is 2. The third-order valence-electron chi connectivity index (χ3n) is 5.06. The van der Waals surface area contributed by atoms with Gasteiger partial charge in [-0.1, -0.05) is 12.1 Å². The van der Waals surface area contributed by atoms with Gasteiger partial charge in [0, 0.05) is 36.1 Å². The van der Waals surface area contributed by atoms with Crippen molar-refractivity contribution < 1.29 is 13.9 Å². The lowest BCUT2D eigenvalue weighted by Gasteiger charge is -2.29. The van der Waals surface area contributed by atoms with Gasteiger partial charge in [-0.2, -0.15) is 0 Å². The number of hydrogen-bond donors (Lipinski definition) is 1. The van der Waals surface area contributed by atoms with E-state index >= 15 is 0 Å². The fraction of sp³-hybridized carbons (Fsp3) is 0.381. The number of carbonyl (C=O) groups excluding carboxylic acids is 1. The summed E-state index contributed by atoms with van der Waals surface area (Å²) in [4.78, 5) is 20.7. The van der Waals surface area contributed by atoms with Crippen molar-refractivity contribution in [2.75, 3.05) is 0 Å². The molecule has 1 amide bonds. The van der Waals surface area contributed by atoms with Crippen molar-refractivity contribution in [1.82, 2.24) is 15.3 Å². The first kappa shape index (κ1) is 17.5. The average molecular weight is 365 g/mol. The molecule has 0 radical (unpaired) electrons. The van der Waals surface area contributed by atoms with E-state index in [-0.39, 0.29) is 18.1 Å². The van der Waals surface area contributed by atoms with E-state index < -0.39 is 0 Å². The molecular formula is C21H23N3O3. The predicted octanol–water partition coefficient (Wildman–Crippen LogP) is 3.96. The third-order valence-corrected chi connectivity index (χ3v) is 5.06. The second-order valence-electron chi connectivity index (χ2n) is 7.06. The zero-order valence-corrected chi connectivity index (χ0v) is 15.6. The second-order valence-corrected chi connectivity index (χ2v) is 7.06. The number of oxazole rings is 1. The van der Waals surface area contributed by atoms with E-state index in [4.69, 9.17) is 9.15 Å². The van der Waals surface area contributed by atoms with Crippen molar-refractivity contribution >= 4 is 16.7 Å². The summed E-state index contributed by atoms with van der Waals surface area (Å²) in [5, 5.41) is 5.24. The van der Waals surface area contributed by atoms with Crippen LogP contribution in [0.25, 0.3) is 10.8 Å². The van der Waals surface area contributed by atoms with E-state index in [0.29, 0.717) is 17.3 Å². The molecule has 2 aromatic heterocycles. The summed E-state index contributed by atoms with van der Waals surface area (Å²) in [6.45, 7) is 3.51. The van der Waals surface area contributed by atoms with Crippen molar-refractivity contribution in [3.63, 3.8) is 0 Å². The number of pyridine rings is 1. The molecule has 0 saturated heterocycles. The normalized spacial score (nSPS) is 19.8. The molecular weight excluding hydrogens is 342 g/mol. The molecule has 0 atom stereocenters. The number of ether oxygens (including phenoxy) is 1. The quantitative estimate of drug-likeness (QED) is 0.757. The van der Waals surface area contributed by atoms with Crippen molar-refractivity contribution in [2.45, 2.75) is 51.7 Å². The van der Waals surface area contributed by atoms with Crippen LogP contribution in [0.4, 0.5) is 0 Å². The second kappa shape index (κ2) is 7.39. The molecule has 0 aliphatic heterocycles. The third kappa shape index (κ3) is 3.79. The smallest absolute Gasteiger partial charge is 0.273 e. The van der Waals surface area contributed by atoms with Crippen LogP contribution in [0.1, 0.15) is 47.8 Å². The van der Waals surface area contributed by atoms with Gasteiger partial charge in [0.05, 0.1) is 6.10 Å². The first-order valence-corrected chi connectivity index (χ1v) is 9.34. The van der Waals surface area contributed by atoms with Crippen LogP contribution in [0.5, 0.6) is 5.75 Å². The highest BCUT2D eigenvalue weighted by molar-refractivity contribution is 5.93. The van der Waals surface area contributed by atoms with Gasteiger partial charge in [0.15, 0.2) is 11.6 Å². The largest absolute Gasteiger partial charge is 0.490 e. The zero-order valence-electron chi connectivity index (χ0n) is 15.6. The molecule has 1 saturated carbocycles. The van der Waals surface area contributed by atoms with Gasteiger partial charge in [-0.25, -0.2) is 4.98 Å². The number of nitrogens with zero attached hydrogens (tertiary/aromatic N) is 2. The number of amides is 1. The first-order valence-electron chi connectivity index (χ1n) is 9.34. The van der Waals surface area contributed by atoms with Gasteiger partial charge in [-0.15, -0.1) is 0 Å². The van der Waals surface area contributed by atoms with Crippen LogP contribution >= 0.6 is 0 Å². The maximum Gasteiger partial charge on any atom is 0.273 e. The summed E-state index contributed by atoms with van der Waals surface area (Å²) in [7, 11) is 0. The van der Waals surface area contributed by atoms with Crippen molar-refractivity contribution in [3.05, 3.63) is 54.0 Å². The van der Waals surface area contributed by atoms with Crippen LogP contribution in [0.3, 0.4) is 0 Å². The molecule has 27 heavy (non-hydrogen) atoms. The fourth-order valence-electron chi connectivity index (χ4n) is 3.69. The monoisotopic (exact) mass is 365 g/mol. The minimum atomic E-state index is -0.157. The lowest BCUT2D eigenvalue weighted by Crippen LogP contribution is -2.40. The number of fused-ring (bicyclic) bond motifs is 1. The van der Waals surface area contributed by atoms with Crippen LogP contribution in [0.15, 0.2) is 41.1 Å². The number of aromatic nitrogens is 2. The molecule has 6 nitrogen and oxygen atoms in total. The minimum Gasteiger partial charge on any atom is -0.490 e.